The molecule has 104 valence electrons. The number of carbonyl (C=O) groups is 1. The second-order valence-corrected chi connectivity index (χ2v) is 5.17. The fourth-order valence-corrected chi connectivity index (χ4v) is 2.22. The lowest BCUT2D eigenvalue weighted by Crippen LogP contribution is -2.29. The highest BCUT2D eigenvalue weighted by atomic mass is 19.4. The summed E-state index contributed by atoms with van der Waals surface area (Å²) < 4.78 is 38.5. The third kappa shape index (κ3) is 3.08. The van der Waals surface area contributed by atoms with Crippen LogP contribution < -0.4 is 0 Å². The van der Waals surface area contributed by atoms with Crippen molar-refractivity contribution in [1.82, 2.24) is 4.90 Å². The molecule has 0 bridgehead atoms. The minimum Gasteiger partial charge on any atom is -0.341 e. The lowest BCUT2D eigenvalue weighted by atomic mass is 10.1. The Kier molecular flexibility index (Phi) is 3.56. The second kappa shape index (κ2) is 4.87. The summed E-state index contributed by atoms with van der Waals surface area (Å²) in [5.41, 5.74) is -0.530. The van der Waals surface area contributed by atoms with Crippen LogP contribution in [0.1, 0.15) is 24.5 Å². The van der Waals surface area contributed by atoms with Gasteiger partial charge in [-0.05, 0) is 24.0 Å². The number of carbonyl (C=O) groups excluding carboxylic acids is 1. The molecule has 1 aromatic rings. The van der Waals surface area contributed by atoms with Crippen LogP contribution in [0.3, 0.4) is 0 Å². The average molecular weight is 271 g/mol. The normalized spacial score (nSPS) is 22.2. The Morgan fingerprint density at radius 1 is 1.37 bits per heavy atom. The van der Waals surface area contributed by atoms with E-state index in [2.05, 4.69) is 0 Å². The van der Waals surface area contributed by atoms with E-state index >= 15 is 0 Å². The van der Waals surface area contributed by atoms with E-state index in [0.29, 0.717) is 5.92 Å². The topological polar surface area (TPSA) is 20.3 Å². The minimum atomic E-state index is -4.38. The molecule has 1 saturated carbocycles. The molecule has 1 aliphatic carbocycles. The Bertz CT molecular complexity index is 484. The largest absolute Gasteiger partial charge is 0.416 e. The van der Waals surface area contributed by atoms with Crippen LogP contribution in [-0.2, 0) is 17.5 Å². The molecule has 2 nitrogen and oxygen atoms in total. The van der Waals surface area contributed by atoms with Crippen LogP contribution in [0.25, 0.3) is 0 Å². The minimum absolute atomic E-state index is 0.00225. The molecule has 0 aromatic heterocycles. The number of amides is 1. The zero-order chi connectivity index (χ0) is 14.2. The van der Waals surface area contributed by atoms with Crippen molar-refractivity contribution in [2.75, 3.05) is 7.05 Å². The maximum Gasteiger partial charge on any atom is 0.416 e. The van der Waals surface area contributed by atoms with E-state index in [-0.39, 0.29) is 23.9 Å². The lowest BCUT2D eigenvalue weighted by Gasteiger charge is -2.20. The van der Waals surface area contributed by atoms with Gasteiger partial charge in [-0.15, -0.1) is 0 Å². The van der Waals surface area contributed by atoms with Crippen molar-refractivity contribution in [1.29, 1.82) is 0 Å². The Hall–Kier alpha value is -1.52. The van der Waals surface area contributed by atoms with E-state index in [4.69, 9.17) is 0 Å². The molecular weight excluding hydrogens is 255 g/mol. The molecule has 0 radical (unpaired) electrons. The highest BCUT2D eigenvalue weighted by Crippen LogP contribution is 2.39. The van der Waals surface area contributed by atoms with Crippen molar-refractivity contribution in [3.8, 4) is 0 Å². The number of hydrogen-bond donors (Lipinski definition) is 0. The molecule has 1 amide bonds. The van der Waals surface area contributed by atoms with Crippen LogP contribution in [0.4, 0.5) is 13.2 Å². The van der Waals surface area contributed by atoms with Gasteiger partial charge >= 0.3 is 6.18 Å². The maximum absolute atomic E-state index is 12.8. The van der Waals surface area contributed by atoms with Crippen LogP contribution in [0.5, 0.6) is 0 Å². The quantitative estimate of drug-likeness (QED) is 0.825. The van der Waals surface area contributed by atoms with Crippen molar-refractivity contribution < 1.29 is 18.0 Å². The van der Waals surface area contributed by atoms with E-state index in [1.165, 1.54) is 17.0 Å². The summed E-state index contributed by atoms with van der Waals surface area (Å²) >= 11 is 0. The average Bonchev–Trinajstić information content (AvgIpc) is 3.04. The molecule has 0 heterocycles. The van der Waals surface area contributed by atoms with Gasteiger partial charge in [0.1, 0.15) is 0 Å². The fourth-order valence-electron chi connectivity index (χ4n) is 2.22. The molecule has 1 aromatic carbocycles. The molecule has 2 unspecified atom stereocenters. The van der Waals surface area contributed by atoms with Gasteiger partial charge in [0, 0.05) is 19.5 Å². The molecule has 19 heavy (non-hydrogen) atoms. The molecule has 5 heteroatoms. The van der Waals surface area contributed by atoms with Gasteiger partial charge in [-0.3, -0.25) is 4.79 Å². The van der Waals surface area contributed by atoms with Gasteiger partial charge in [0.2, 0.25) is 5.91 Å². The highest BCUT2D eigenvalue weighted by Gasteiger charge is 2.41. The van der Waals surface area contributed by atoms with Crippen LogP contribution in [-0.4, -0.2) is 17.9 Å². The zero-order valence-electron chi connectivity index (χ0n) is 10.9. The van der Waals surface area contributed by atoms with Crippen molar-refractivity contribution in [3.63, 3.8) is 0 Å². The first-order valence-electron chi connectivity index (χ1n) is 6.20. The summed E-state index contributed by atoms with van der Waals surface area (Å²) in [6, 6.07) is 5.38. The molecule has 1 aliphatic rings. The van der Waals surface area contributed by atoms with Crippen LogP contribution in [0, 0.1) is 11.8 Å². The summed E-state index contributed by atoms with van der Waals surface area (Å²) in [6.07, 6.45) is -3.54. The van der Waals surface area contributed by atoms with Crippen molar-refractivity contribution >= 4 is 5.91 Å². The Labute approximate surface area is 110 Å². The van der Waals surface area contributed by atoms with E-state index in [9.17, 15) is 18.0 Å². The first kappa shape index (κ1) is 13.9. The summed E-state index contributed by atoms with van der Waals surface area (Å²) in [6.45, 7) is 1.97. The van der Waals surface area contributed by atoms with Gasteiger partial charge in [-0.2, -0.15) is 13.2 Å². The SMILES string of the molecule is CC1CC1C(=O)N(C)Cc1ccccc1C(F)(F)F. The van der Waals surface area contributed by atoms with Crippen molar-refractivity contribution in [3.05, 3.63) is 35.4 Å². The third-order valence-corrected chi connectivity index (χ3v) is 3.53. The van der Waals surface area contributed by atoms with E-state index < -0.39 is 11.7 Å². The standard InChI is InChI=1S/C14H16F3NO/c1-9-7-11(9)13(19)18(2)8-10-5-3-4-6-12(10)14(15,16)17/h3-6,9,11H,7-8H2,1-2H3. The summed E-state index contributed by atoms with van der Waals surface area (Å²) in [5.74, 6) is 0.278. The monoisotopic (exact) mass is 271 g/mol. The number of alkyl halides is 3. The number of rotatable bonds is 3. The van der Waals surface area contributed by atoms with E-state index in [0.717, 1.165) is 12.5 Å². The fraction of sp³-hybridized carbons (Fsp3) is 0.500. The molecular formula is C14H16F3NO. The first-order chi connectivity index (χ1) is 8.80. The van der Waals surface area contributed by atoms with Gasteiger partial charge < -0.3 is 4.90 Å². The summed E-state index contributed by atoms with van der Waals surface area (Å²) in [5, 5.41) is 0. The molecule has 2 atom stereocenters. The summed E-state index contributed by atoms with van der Waals surface area (Å²) in [4.78, 5) is 13.3. The Balaban J connectivity index is 2.13. The van der Waals surface area contributed by atoms with Gasteiger partial charge in [0.25, 0.3) is 0 Å². The molecule has 1 fully saturated rings. The number of benzene rings is 1. The molecule has 0 spiro atoms. The number of nitrogens with zero attached hydrogens (tertiary/aromatic N) is 1. The molecule has 0 N–H and O–H groups in total. The number of halogens is 3. The second-order valence-electron chi connectivity index (χ2n) is 5.17. The van der Waals surface area contributed by atoms with Crippen LogP contribution in [0.15, 0.2) is 24.3 Å². The molecule has 2 rings (SSSR count). The summed E-state index contributed by atoms with van der Waals surface area (Å²) in [7, 11) is 1.56. The van der Waals surface area contributed by atoms with Crippen LogP contribution in [0.2, 0.25) is 0 Å². The first-order valence-corrected chi connectivity index (χ1v) is 6.20. The molecule has 0 aliphatic heterocycles. The third-order valence-electron chi connectivity index (χ3n) is 3.53. The van der Waals surface area contributed by atoms with E-state index in [1.54, 1.807) is 13.1 Å². The van der Waals surface area contributed by atoms with Crippen molar-refractivity contribution in [2.45, 2.75) is 26.1 Å². The number of hydrogen-bond acceptors (Lipinski definition) is 1. The van der Waals surface area contributed by atoms with Crippen molar-refractivity contribution in [2.24, 2.45) is 11.8 Å². The van der Waals surface area contributed by atoms with Gasteiger partial charge in [0.05, 0.1) is 5.56 Å². The highest BCUT2D eigenvalue weighted by molar-refractivity contribution is 5.81. The lowest BCUT2D eigenvalue weighted by molar-refractivity contribution is -0.139. The predicted octanol–water partition coefficient (Wildman–Crippen LogP) is 3.32. The van der Waals surface area contributed by atoms with Gasteiger partial charge in [-0.25, -0.2) is 0 Å². The Morgan fingerprint density at radius 3 is 2.47 bits per heavy atom. The van der Waals surface area contributed by atoms with Gasteiger partial charge in [-0.1, -0.05) is 25.1 Å². The maximum atomic E-state index is 12.8. The smallest absolute Gasteiger partial charge is 0.341 e. The van der Waals surface area contributed by atoms with Crippen LogP contribution >= 0.6 is 0 Å². The van der Waals surface area contributed by atoms with E-state index in [1.807, 2.05) is 6.92 Å². The Morgan fingerprint density at radius 2 is 1.95 bits per heavy atom. The predicted molar refractivity (Wildman–Crippen MR) is 65.2 cm³/mol. The zero-order valence-corrected chi connectivity index (χ0v) is 10.9. The molecule has 0 saturated heterocycles. The van der Waals surface area contributed by atoms with Gasteiger partial charge in [0.15, 0.2) is 0 Å².